The van der Waals surface area contributed by atoms with E-state index in [1.165, 1.54) is 31.2 Å². The van der Waals surface area contributed by atoms with Gasteiger partial charge in [-0.15, -0.1) is 0 Å². The number of benzene rings is 1. The highest BCUT2D eigenvalue weighted by atomic mass is 35.5. The molecule has 1 aromatic rings. The molecule has 92 valence electrons. The van der Waals surface area contributed by atoms with Crippen LogP contribution in [0.2, 0.25) is 5.02 Å². The second-order valence-electron chi connectivity index (χ2n) is 3.88. The van der Waals surface area contributed by atoms with Crippen LogP contribution in [-0.2, 0) is 14.3 Å². The Morgan fingerprint density at radius 1 is 1.22 bits per heavy atom. The summed E-state index contributed by atoms with van der Waals surface area (Å²) in [7, 11) is 0. The van der Waals surface area contributed by atoms with Crippen molar-refractivity contribution >= 4 is 29.1 Å². The third-order valence-corrected chi connectivity index (χ3v) is 2.77. The smallest absolute Gasteiger partial charge is 0.329 e. The van der Waals surface area contributed by atoms with Crippen LogP contribution in [-0.4, -0.2) is 17.5 Å². The van der Waals surface area contributed by atoms with Crippen molar-refractivity contribution in [2.75, 3.05) is 0 Å². The van der Waals surface area contributed by atoms with Gasteiger partial charge in [0.15, 0.2) is 17.5 Å². The van der Waals surface area contributed by atoms with E-state index < -0.39 is 23.5 Å². The van der Waals surface area contributed by atoms with Gasteiger partial charge in [-0.1, -0.05) is 11.6 Å². The molecule has 0 bridgehead atoms. The zero-order valence-electron chi connectivity index (χ0n) is 9.48. The second kappa shape index (κ2) is 4.74. The molecule has 2 rings (SSSR count). The summed E-state index contributed by atoms with van der Waals surface area (Å²) in [5, 5.41) is 0.472. The Bertz CT molecular complexity index is 557. The first-order chi connectivity index (χ1) is 8.49. The van der Waals surface area contributed by atoms with Crippen LogP contribution in [0.15, 0.2) is 36.1 Å². The number of rotatable bonds is 2. The number of halogens is 1. The molecule has 1 unspecified atom stereocenters. The van der Waals surface area contributed by atoms with Gasteiger partial charge in [-0.05, 0) is 31.2 Å². The van der Waals surface area contributed by atoms with Crippen molar-refractivity contribution in [2.24, 2.45) is 5.92 Å². The number of hydrogen-bond donors (Lipinski definition) is 0. The van der Waals surface area contributed by atoms with Crippen molar-refractivity contribution < 1.29 is 19.1 Å². The molecule has 0 radical (unpaired) electrons. The van der Waals surface area contributed by atoms with Gasteiger partial charge in [-0.25, -0.2) is 0 Å². The van der Waals surface area contributed by atoms with Crippen LogP contribution >= 0.6 is 11.6 Å². The summed E-state index contributed by atoms with van der Waals surface area (Å²) in [6.45, 7) is 1.48. The standard InChI is InChI=1S/C13H9ClO4/c1-7-6-10(15)11(13(17)18-7)12(16)8-2-4-9(14)5-3-8/h2-6,11H,1H3. The van der Waals surface area contributed by atoms with Crippen molar-refractivity contribution in [2.45, 2.75) is 6.92 Å². The van der Waals surface area contributed by atoms with E-state index in [4.69, 9.17) is 16.3 Å². The second-order valence-corrected chi connectivity index (χ2v) is 4.32. The summed E-state index contributed by atoms with van der Waals surface area (Å²) >= 11 is 5.70. The van der Waals surface area contributed by atoms with Gasteiger partial charge in [0.05, 0.1) is 0 Å². The Labute approximate surface area is 108 Å². The highest BCUT2D eigenvalue weighted by Crippen LogP contribution is 2.20. The Morgan fingerprint density at radius 3 is 2.39 bits per heavy atom. The monoisotopic (exact) mass is 264 g/mol. The average molecular weight is 265 g/mol. The van der Waals surface area contributed by atoms with Gasteiger partial charge in [0.2, 0.25) is 0 Å². The Hall–Kier alpha value is -1.94. The third kappa shape index (κ3) is 2.33. The van der Waals surface area contributed by atoms with Crippen molar-refractivity contribution in [1.29, 1.82) is 0 Å². The predicted molar refractivity (Wildman–Crippen MR) is 64.1 cm³/mol. The molecule has 0 saturated carbocycles. The Balaban J connectivity index is 2.32. The summed E-state index contributed by atoms with van der Waals surface area (Å²) < 4.78 is 4.79. The van der Waals surface area contributed by atoms with Crippen LogP contribution in [0.4, 0.5) is 0 Å². The Morgan fingerprint density at radius 2 is 1.83 bits per heavy atom. The quantitative estimate of drug-likeness (QED) is 0.467. The van der Waals surface area contributed by atoms with E-state index in [2.05, 4.69) is 0 Å². The number of cyclic esters (lactones) is 1. The number of allylic oxidation sites excluding steroid dienone is 2. The number of esters is 1. The molecule has 0 fully saturated rings. The number of ketones is 2. The lowest BCUT2D eigenvalue weighted by molar-refractivity contribution is -0.146. The SMILES string of the molecule is CC1=CC(=O)C(C(=O)c2ccc(Cl)cc2)C(=O)O1. The molecule has 1 aliphatic rings. The van der Waals surface area contributed by atoms with E-state index in [-0.39, 0.29) is 11.3 Å². The maximum absolute atomic E-state index is 12.0. The van der Waals surface area contributed by atoms with Gasteiger partial charge in [-0.3, -0.25) is 14.4 Å². The van der Waals surface area contributed by atoms with Crippen LogP contribution < -0.4 is 0 Å². The average Bonchev–Trinajstić information content (AvgIpc) is 2.28. The molecule has 1 aromatic carbocycles. The van der Waals surface area contributed by atoms with Crippen LogP contribution in [0.3, 0.4) is 0 Å². The van der Waals surface area contributed by atoms with Crippen LogP contribution in [0.1, 0.15) is 17.3 Å². The summed E-state index contributed by atoms with van der Waals surface area (Å²) in [5.41, 5.74) is 0.252. The molecule has 5 heteroatoms. The van der Waals surface area contributed by atoms with E-state index in [9.17, 15) is 14.4 Å². The highest BCUT2D eigenvalue weighted by Gasteiger charge is 2.38. The predicted octanol–water partition coefficient (Wildman–Crippen LogP) is 2.17. The molecule has 1 aliphatic heterocycles. The normalized spacial score (nSPS) is 19.2. The summed E-state index contributed by atoms with van der Waals surface area (Å²) in [6.07, 6.45) is 1.15. The molecule has 1 heterocycles. The lowest BCUT2D eigenvalue weighted by Gasteiger charge is -2.17. The maximum Gasteiger partial charge on any atom is 0.329 e. The molecule has 4 nitrogen and oxygen atoms in total. The summed E-state index contributed by atoms with van der Waals surface area (Å²) in [4.78, 5) is 35.3. The number of carbonyl (C=O) groups is 3. The van der Waals surface area contributed by atoms with E-state index in [0.29, 0.717) is 5.02 Å². The minimum atomic E-state index is -1.41. The first-order valence-electron chi connectivity index (χ1n) is 5.22. The molecule has 0 saturated heterocycles. The van der Waals surface area contributed by atoms with E-state index in [1.54, 1.807) is 0 Å². The largest absolute Gasteiger partial charge is 0.430 e. The first kappa shape index (κ1) is 12.5. The molecule has 0 aromatic heterocycles. The lowest BCUT2D eigenvalue weighted by atomic mass is 9.92. The van der Waals surface area contributed by atoms with Crippen LogP contribution in [0, 0.1) is 5.92 Å². The molecule has 18 heavy (non-hydrogen) atoms. The molecule has 0 N–H and O–H groups in total. The fourth-order valence-corrected chi connectivity index (χ4v) is 1.79. The van der Waals surface area contributed by atoms with Crippen molar-refractivity contribution in [3.63, 3.8) is 0 Å². The van der Waals surface area contributed by atoms with Gasteiger partial charge < -0.3 is 4.74 Å². The van der Waals surface area contributed by atoms with Gasteiger partial charge in [0, 0.05) is 16.7 Å². The van der Waals surface area contributed by atoms with Crippen molar-refractivity contribution in [1.82, 2.24) is 0 Å². The summed E-state index contributed by atoms with van der Waals surface area (Å²) in [6, 6.07) is 5.98. The fraction of sp³-hybridized carbons (Fsp3) is 0.154. The highest BCUT2D eigenvalue weighted by molar-refractivity contribution is 6.31. The molecule has 1 atom stereocenters. The van der Waals surface area contributed by atoms with E-state index in [1.807, 2.05) is 0 Å². The molecule has 0 spiro atoms. The van der Waals surface area contributed by atoms with Gasteiger partial charge in [-0.2, -0.15) is 0 Å². The third-order valence-electron chi connectivity index (χ3n) is 2.52. The molecule has 0 aliphatic carbocycles. The van der Waals surface area contributed by atoms with Crippen LogP contribution in [0.5, 0.6) is 0 Å². The molecular formula is C13H9ClO4. The minimum absolute atomic E-state index is 0.199. The zero-order valence-corrected chi connectivity index (χ0v) is 10.2. The van der Waals surface area contributed by atoms with Gasteiger partial charge in [0.25, 0.3) is 0 Å². The first-order valence-corrected chi connectivity index (χ1v) is 5.60. The molecular weight excluding hydrogens is 256 g/mol. The Kier molecular flexibility index (Phi) is 3.30. The van der Waals surface area contributed by atoms with Gasteiger partial charge >= 0.3 is 5.97 Å². The van der Waals surface area contributed by atoms with E-state index >= 15 is 0 Å². The van der Waals surface area contributed by atoms with Gasteiger partial charge in [0.1, 0.15) is 5.76 Å². The zero-order chi connectivity index (χ0) is 13.3. The van der Waals surface area contributed by atoms with Crippen molar-refractivity contribution in [3.8, 4) is 0 Å². The van der Waals surface area contributed by atoms with Crippen molar-refractivity contribution in [3.05, 3.63) is 46.7 Å². The number of ether oxygens (including phenoxy) is 1. The molecule has 0 amide bonds. The number of Topliss-reactive ketones (excluding diaryl/α,β-unsaturated/α-hetero) is 1. The van der Waals surface area contributed by atoms with E-state index in [0.717, 1.165) is 6.08 Å². The lowest BCUT2D eigenvalue weighted by Crippen LogP contribution is -2.35. The maximum atomic E-state index is 12.0. The number of hydrogen-bond acceptors (Lipinski definition) is 4. The van der Waals surface area contributed by atoms with Crippen LogP contribution in [0.25, 0.3) is 0 Å². The fourth-order valence-electron chi connectivity index (χ4n) is 1.66. The topological polar surface area (TPSA) is 60.4 Å². The summed E-state index contributed by atoms with van der Waals surface area (Å²) in [5.74, 6) is -3.17. The minimum Gasteiger partial charge on any atom is -0.430 e. The number of carbonyl (C=O) groups excluding carboxylic acids is 3.